The highest BCUT2D eigenvalue weighted by Gasteiger charge is 2.12. The van der Waals surface area contributed by atoms with Gasteiger partial charge in [0, 0.05) is 16.7 Å². The highest BCUT2D eigenvalue weighted by molar-refractivity contribution is 7.16. The van der Waals surface area contributed by atoms with E-state index in [1.54, 1.807) is 11.3 Å². The zero-order valence-corrected chi connectivity index (χ0v) is 11.8. The van der Waals surface area contributed by atoms with Gasteiger partial charge < -0.3 is 12.4 Å². The van der Waals surface area contributed by atoms with Gasteiger partial charge in [-0.2, -0.15) is 4.57 Å². The van der Waals surface area contributed by atoms with E-state index in [1.807, 2.05) is 18.2 Å². The molecule has 0 bridgehead atoms. The van der Waals surface area contributed by atoms with Crippen LogP contribution in [0.25, 0.3) is 10.2 Å². The van der Waals surface area contributed by atoms with Gasteiger partial charge in [-0.05, 0) is 12.1 Å². The Kier molecular flexibility index (Phi) is 4.23. The van der Waals surface area contributed by atoms with Crippen LogP contribution in [-0.2, 0) is 6.54 Å². The van der Waals surface area contributed by atoms with Crippen LogP contribution in [-0.4, -0.2) is 0 Å². The van der Waals surface area contributed by atoms with Crippen LogP contribution in [0.15, 0.2) is 54.0 Å². The molecule has 0 radical (unpaired) electrons. The lowest BCUT2D eigenvalue weighted by Gasteiger charge is -1.96. The molecule has 4 heteroatoms. The van der Waals surface area contributed by atoms with Gasteiger partial charge in [0.1, 0.15) is 4.70 Å². The Hall–Kier alpha value is -1.09. The largest absolute Gasteiger partial charge is 1.00 e. The lowest BCUT2D eigenvalue weighted by molar-refractivity contribution is -0.658. The van der Waals surface area contributed by atoms with Crippen molar-refractivity contribution in [3.05, 3.63) is 64.6 Å². The molecule has 18 heavy (non-hydrogen) atoms. The third-order valence-corrected chi connectivity index (χ3v) is 3.93. The van der Waals surface area contributed by atoms with Crippen LogP contribution in [0.2, 0.25) is 5.02 Å². The van der Waals surface area contributed by atoms with Crippen LogP contribution in [0.3, 0.4) is 0 Å². The van der Waals surface area contributed by atoms with Crippen molar-refractivity contribution in [2.75, 3.05) is 0 Å². The number of aromatic nitrogens is 1. The average Bonchev–Trinajstić information content (AvgIpc) is 2.73. The van der Waals surface area contributed by atoms with Crippen LogP contribution in [0.1, 0.15) is 5.56 Å². The third-order valence-electron chi connectivity index (χ3n) is 2.73. The van der Waals surface area contributed by atoms with Gasteiger partial charge in [-0.1, -0.05) is 53.3 Å². The topological polar surface area (TPSA) is 3.88 Å². The van der Waals surface area contributed by atoms with Crippen LogP contribution in [0.4, 0.5) is 0 Å². The summed E-state index contributed by atoms with van der Waals surface area (Å²) in [5, 5.41) is 0.790. The van der Waals surface area contributed by atoms with E-state index in [-0.39, 0.29) is 12.4 Å². The predicted octanol–water partition coefficient (Wildman–Crippen LogP) is 0.894. The van der Waals surface area contributed by atoms with Crippen LogP contribution in [0, 0.1) is 0 Å². The fourth-order valence-electron chi connectivity index (χ4n) is 1.89. The summed E-state index contributed by atoms with van der Waals surface area (Å²) in [6.45, 7) is 0.890. The Balaban J connectivity index is 0.00000120. The summed E-state index contributed by atoms with van der Waals surface area (Å²) in [6, 6.07) is 16.5. The van der Waals surface area contributed by atoms with Crippen molar-refractivity contribution in [2.24, 2.45) is 0 Å². The van der Waals surface area contributed by atoms with Gasteiger partial charge in [0.05, 0.1) is 0 Å². The van der Waals surface area contributed by atoms with Gasteiger partial charge in [-0.25, -0.2) is 0 Å². The molecule has 0 fully saturated rings. The number of hydrogen-bond acceptors (Lipinski definition) is 1. The Morgan fingerprint density at radius 1 is 1.06 bits per heavy atom. The summed E-state index contributed by atoms with van der Waals surface area (Å²) >= 11 is 7.79. The molecule has 0 aliphatic rings. The molecule has 1 aromatic heterocycles. The quantitative estimate of drug-likeness (QED) is 0.619. The molecule has 0 spiro atoms. The average molecular weight is 296 g/mol. The monoisotopic (exact) mass is 295 g/mol. The van der Waals surface area contributed by atoms with Crippen molar-refractivity contribution in [3.63, 3.8) is 0 Å². The molecule has 92 valence electrons. The van der Waals surface area contributed by atoms with E-state index >= 15 is 0 Å². The number of halogens is 2. The minimum atomic E-state index is 0. The highest BCUT2D eigenvalue weighted by atomic mass is 35.5. The zero-order valence-electron chi connectivity index (χ0n) is 9.51. The van der Waals surface area contributed by atoms with E-state index in [4.69, 9.17) is 11.6 Å². The number of hydrogen-bond donors (Lipinski definition) is 0. The van der Waals surface area contributed by atoms with Crippen molar-refractivity contribution in [1.82, 2.24) is 0 Å². The normalized spacial score (nSPS) is 10.3. The lowest BCUT2D eigenvalue weighted by Crippen LogP contribution is -3.00. The molecule has 1 nitrogen and oxygen atoms in total. The van der Waals surface area contributed by atoms with Crippen molar-refractivity contribution in [3.8, 4) is 0 Å². The van der Waals surface area contributed by atoms with Crippen molar-refractivity contribution < 1.29 is 17.0 Å². The molecule has 0 aliphatic carbocycles. The molecular weight excluding hydrogens is 285 g/mol. The Labute approximate surface area is 121 Å². The molecule has 0 atom stereocenters. The number of thiazole rings is 1. The third kappa shape index (κ3) is 2.66. The molecular formula is C14H11Cl2NS. The molecule has 0 unspecified atom stereocenters. The molecule has 0 aliphatic heterocycles. The molecule has 0 N–H and O–H groups in total. The van der Waals surface area contributed by atoms with Crippen molar-refractivity contribution in [2.45, 2.75) is 6.54 Å². The Morgan fingerprint density at radius 3 is 2.61 bits per heavy atom. The smallest absolute Gasteiger partial charge is 0.226 e. The van der Waals surface area contributed by atoms with Gasteiger partial charge in [0.2, 0.25) is 11.0 Å². The molecule has 3 rings (SSSR count). The summed E-state index contributed by atoms with van der Waals surface area (Å²) in [7, 11) is 0. The maximum atomic E-state index is 6.04. The molecule has 0 amide bonds. The fraction of sp³-hybridized carbons (Fsp3) is 0.0714. The highest BCUT2D eigenvalue weighted by Crippen LogP contribution is 2.20. The van der Waals surface area contributed by atoms with E-state index < -0.39 is 0 Å². The van der Waals surface area contributed by atoms with Crippen LogP contribution < -0.4 is 17.0 Å². The second kappa shape index (κ2) is 5.70. The number of nitrogens with zero attached hydrogens (tertiary/aromatic N) is 1. The predicted molar refractivity (Wildman–Crippen MR) is 72.6 cm³/mol. The van der Waals surface area contributed by atoms with Gasteiger partial charge in [-0.3, -0.25) is 0 Å². The lowest BCUT2D eigenvalue weighted by atomic mass is 10.2. The maximum absolute atomic E-state index is 6.04. The van der Waals surface area contributed by atoms with Gasteiger partial charge >= 0.3 is 0 Å². The zero-order chi connectivity index (χ0) is 11.7. The maximum Gasteiger partial charge on any atom is 0.226 e. The van der Waals surface area contributed by atoms with Gasteiger partial charge in [0.25, 0.3) is 0 Å². The van der Waals surface area contributed by atoms with Crippen molar-refractivity contribution in [1.29, 1.82) is 0 Å². The first-order valence-electron chi connectivity index (χ1n) is 5.43. The van der Waals surface area contributed by atoms with E-state index in [1.165, 1.54) is 15.8 Å². The minimum Gasteiger partial charge on any atom is -1.00 e. The summed E-state index contributed by atoms with van der Waals surface area (Å²) in [4.78, 5) is 0. The van der Waals surface area contributed by atoms with E-state index in [0.717, 1.165) is 11.6 Å². The van der Waals surface area contributed by atoms with E-state index in [0.29, 0.717) is 0 Å². The summed E-state index contributed by atoms with van der Waals surface area (Å²) in [5.41, 5.74) is 4.65. The second-order valence-electron chi connectivity index (χ2n) is 3.95. The number of fused-ring (bicyclic) bond motifs is 1. The molecule has 0 saturated heterocycles. The summed E-state index contributed by atoms with van der Waals surface area (Å²) in [6.07, 6.45) is 0. The Bertz CT molecular complexity index is 649. The van der Waals surface area contributed by atoms with Crippen LogP contribution in [0.5, 0.6) is 0 Å². The van der Waals surface area contributed by atoms with E-state index in [2.05, 4.69) is 40.4 Å². The second-order valence-corrected chi connectivity index (χ2v) is 5.27. The molecule has 2 aromatic carbocycles. The first kappa shape index (κ1) is 13.3. The molecule has 0 saturated carbocycles. The van der Waals surface area contributed by atoms with Crippen LogP contribution >= 0.6 is 22.9 Å². The van der Waals surface area contributed by atoms with E-state index in [9.17, 15) is 0 Å². The summed E-state index contributed by atoms with van der Waals surface area (Å²) in [5.74, 6) is 0. The Morgan fingerprint density at radius 2 is 1.83 bits per heavy atom. The molecule has 1 heterocycles. The minimum absolute atomic E-state index is 0. The van der Waals surface area contributed by atoms with Gasteiger partial charge in [0.15, 0.2) is 6.54 Å². The SMILES string of the molecule is Clc1ccc2sc[n+](Cc3ccccc3)c2c1.[Cl-]. The van der Waals surface area contributed by atoms with Crippen molar-refractivity contribution >= 4 is 33.2 Å². The fourth-order valence-corrected chi connectivity index (χ4v) is 2.93. The summed E-state index contributed by atoms with van der Waals surface area (Å²) < 4.78 is 3.51. The standard InChI is InChI=1S/C14H11ClNS.ClH/c15-12-6-7-14-13(8-12)16(10-17-14)9-11-4-2-1-3-5-11;/h1-8,10H,9H2;1H/q+1;/p-1. The first-order valence-corrected chi connectivity index (χ1v) is 6.69. The van der Waals surface area contributed by atoms with Gasteiger partial charge in [-0.15, -0.1) is 0 Å². The first-order chi connectivity index (χ1) is 8.33. The number of rotatable bonds is 2. The molecule has 3 aromatic rings. The number of benzene rings is 2.